The van der Waals surface area contributed by atoms with Gasteiger partial charge in [-0.1, -0.05) is 48.0 Å². The first kappa shape index (κ1) is 29.3. The average molecular weight is 545 g/mol. The average Bonchev–Trinajstić information content (AvgIpc) is 2.81. The lowest BCUT2D eigenvalue weighted by Crippen LogP contribution is -2.56. The molecule has 0 spiro atoms. The fourth-order valence-corrected chi connectivity index (χ4v) is 5.56. The monoisotopic (exact) mass is 544 g/mol. The molecule has 0 heterocycles. The van der Waals surface area contributed by atoms with Gasteiger partial charge in [-0.05, 0) is 59.2 Å². The number of benzene rings is 2. The molecule has 10 heteroatoms. The number of nitrogens with one attached hydrogen (secondary N) is 1. The fourth-order valence-electron chi connectivity index (χ4n) is 4.73. The molecule has 1 fully saturated rings. The van der Waals surface area contributed by atoms with Crippen LogP contribution < -0.4 is 4.83 Å². The molecule has 1 saturated carbocycles. The van der Waals surface area contributed by atoms with Gasteiger partial charge in [-0.25, -0.2) is 4.83 Å². The number of rotatable bonds is 8. The maximum Gasteiger partial charge on any atom is 0.315 e. The summed E-state index contributed by atoms with van der Waals surface area (Å²) in [6.45, 7) is 10.1. The molecule has 0 aromatic heterocycles. The van der Waals surface area contributed by atoms with Crippen LogP contribution in [0, 0.1) is 18.8 Å². The van der Waals surface area contributed by atoms with Crippen molar-refractivity contribution in [2.45, 2.75) is 76.6 Å². The second kappa shape index (κ2) is 11.7. The van der Waals surface area contributed by atoms with E-state index in [0.717, 1.165) is 5.56 Å². The number of carbonyl (C=O) groups excluding carboxylic acids is 2. The minimum absolute atomic E-state index is 0.00526. The normalized spacial score (nSPS) is 24.9. The summed E-state index contributed by atoms with van der Waals surface area (Å²) in [7, 11) is -4.08. The SMILES string of the molecule is Cc1ccc(S(=O)(=O)N/N=C2/C[C@](C)(O)[C@H](C(=O)OC(C)C)[C@@H](c3ccccc3)[C@@H]2C(=O)OC(C)C)cc1. The second-order valence-electron chi connectivity index (χ2n) is 10.4. The molecule has 0 saturated heterocycles. The molecule has 2 aromatic carbocycles. The Morgan fingerprint density at radius 1 is 0.974 bits per heavy atom. The highest BCUT2D eigenvalue weighted by atomic mass is 32.2. The van der Waals surface area contributed by atoms with Crippen molar-refractivity contribution in [3.63, 3.8) is 0 Å². The highest BCUT2D eigenvalue weighted by Gasteiger charge is 2.56. The van der Waals surface area contributed by atoms with Crippen molar-refractivity contribution < 1.29 is 32.6 Å². The summed E-state index contributed by atoms with van der Waals surface area (Å²) in [6, 6.07) is 15.0. The molecule has 38 heavy (non-hydrogen) atoms. The Morgan fingerprint density at radius 2 is 1.53 bits per heavy atom. The largest absolute Gasteiger partial charge is 0.463 e. The van der Waals surface area contributed by atoms with Gasteiger partial charge in [0.15, 0.2) is 0 Å². The summed E-state index contributed by atoms with van der Waals surface area (Å²) in [5, 5.41) is 15.7. The number of hydrogen-bond donors (Lipinski definition) is 2. The third-order valence-electron chi connectivity index (χ3n) is 6.32. The van der Waals surface area contributed by atoms with Gasteiger partial charge >= 0.3 is 11.9 Å². The van der Waals surface area contributed by atoms with Crippen molar-refractivity contribution >= 4 is 27.7 Å². The number of ether oxygens (including phenoxy) is 2. The molecule has 0 unspecified atom stereocenters. The Labute approximate surface area is 224 Å². The minimum Gasteiger partial charge on any atom is -0.463 e. The zero-order valence-corrected chi connectivity index (χ0v) is 23.4. The summed E-state index contributed by atoms with van der Waals surface area (Å²) >= 11 is 0. The van der Waals surface area contributed by atoms with Crippen molar-refractivity contribution in [3.8, 4) is 0 Å². The summed E-state index contributed by atoms with van der Waals surface area (Å²) in [5.41, 5.74) is -0.188. The van der Waals surface area contributed by atoms with Gasteiger partial charge in [0.05, 0.1) is 34.3 Å². The van der Waals surface area contributed by atoms with Gasteiger partial charge in [0.1, 0.15) is 5.92 Å². The molecule has 2 N–H and O–H groups in total. The van der Waals surface area contributed by atoms with Crippen molar-refractivity contribution in [1.29, 1.82) is 0 Å². The van der Waals surface area contributed by atoms with E-state index < -0.39 is 57.5 Å². The molecule has 0 radical (unpaired) electrons. The van der Waals surface area contributed by atoms with Crippen molar-refractivity contribution in [3.05, 3.63) is 65.7 Å². The Bertz CT molecular complexity index is 1270. The lowest BCUT2D eigenvalue weighted by Gasteiger charge is -2.45. The van der Waals surface area contributed by atoms with Crippen molar-refractivity contribution in [1.82, 2.24) is 4.83 Å². The molecule has 0 amide bonds. The maximum absolute atomic E-state index is 13.5. The van der Waals surface area contributed by atoms with Crippen LogP contribution in [0.15, 0.2) is 64.6 Å². The predicted molar refractivity (Wildman–Crippen MR) is 143 cm³/mol. The third kappa shape index (κ3) is 6.79. The Morgan fingerprint density at radius 3 is 2.08 bits per heavy atom. The molecule has 3 rings (SSSR count). The molecule has 1 aliphatic rings. The van der Waals surface area contributed by atoms with Crippen LogP contribution in [-0.2, 0) is 29.1 Å². The molecule has 1 aliphatic carbocycles. The number of nitrogens with zero attached hydrogens (tertiary/aromatic N) is 1. The molecular formula is C28H36N2O7S. The number of hydrogen-bond acceptors (Lipinski definition) is 8. The minimum atomic E-state index is -4.08. The summed E-state index contributed by atoms with van der Waals surface area (Å²) < 4.78 is 37.0. The molecule has 4 atom stereocenters. The number of carbonyl (C=O) groups is 2. The summed E-state index contributed by atoms with van der Waals surface area (Å²) in [4.78, 5) is 29.1. The quantitative estimate of drug-likeness (QED) is 0.383. The molecule has 0 aliphatic heterocycles. The Kier molecular flexibility index (Phi) is 8.99. The van der Waals surface area contributed by atoms with Gasteiger partial charge in [-0.3, -0.25) is 9.59 Å². The number of esters is 2. The molecule has 9 nitrogen and oxygen atoms in total. The lowest BCUT2D eigenvalue weighted by molar-refractivity contribution is -0.167. The van der Waals surface area contributed by atoms with E-state index in [9.17, 15) is 23.1 Å². The zero-order valence-electron chi connectivity index (χ0n) is 22.5. The van der Waals surface area contributed by atoms with E-state index in [2.05, 4.69) is 9.93 Å². The number of sulfonamides is 1. The van der Waals surface area contributed by atoms with Crippen LogP contribution in [0.3, 0.4) is 0 Å². The van der Waals surface area contributed by atoms with E-state index >= 15 is 0 Å². The van der Waals surface area contributed by atoms with Crippen LogP contribution in [0.4, 0.5) is 0 Å². The molecular weight excluding hydrogens is 508 g/mol. The first-order chi connectivity index (χ1) is 17.7. The van der Waals surface area contributed by atoms with Gasteiger partial charge in [0.2, 0.25) is 0 Å². The topological polar surface area (TPSA) is 131 Å². The van der Waals surface area contributed by atoms with Crippen LogP contribution in [-0.4, -0.2) is 49.0 Å². The highest BCUT2D eigenvalue weighted by Crippen LogP contribution is 2.47. The van der Waals surface area contributed by atoms with Crippen LogP contribution in [0.2, 0.25) is 0 Å². The smallest absolute Gasteiger partial charge is 0.315 e. The first-order valence-corrected chi connectivity index (χ1v) is 14.0. The Hall–Kier alpha value is -3.24. The van der Waals surface area contributed by atoms with Gasteiger partial charge < -0.3 is 14.6 Å². The van der Waals surface area contributed by atoms with E-state index in [1.165, 1.54) is 19.1 Å². The zero-order chi connectivity index (χ0) is 28.3. The number of aliphatic hydroxyl groups is 1. The lowest BCUT2D eigenvalue weighted by atomic mass is 9.61. The van der Waals surface area contributed by atoms with Crippen molar-refractivity contribution in [2.75, 3.05) is 0 Å². The van der Waals surface area contributed by atoms with Crippen LogP contribution >= 0.6 is 0 Å². The highest BCUT2D eigenvalue weighted by molar-refractivity contribution is 7.89. The first-order valence-electron chi connectivity index (χ1n) is 12.6. The summed E-state index contributed by atoms with van der Waals surface area (Å²) in [6.07, 6.45) is -1.19. The second-order valence-corrected chi connectivity index (χ2v) is 12.1. The van der Waals surface area contributed by atoms with E-state index in [-0.39, 0.29) is 17.0 Å². The molecule has 0 bridgehead atoms. The number of hydrazone groups is 1. The van der Waals surface area contributed by atoms with Crippen molar-refractivity contribution in [2.24, 2.45) is 16.9 Å². The van der Waals surface area contributed by atoms with E-state index in [1.54, 1.807) is 70.2 Å². The Balaban J connectivity index is 2.15. The van der Waals surface area contributed by atoms with Crippen LogP contribution in [0.25, 0.3) is 0 Å². The van der Waals surface area contributed by atoms with Gasteiger partial charge in [0.25, 0.3) is 10.0 Å². The van der Waals surface area contributed by atoms with E-state index in [0.29, 0.717) is 5.56 Å². The van der Waals surface area contributed by atoms with Crippen LogP contribution in [0.5, 0.6) is 0 Å². The third-order valence-corrected chi connectivity index (χ3v) is 7.55. The maximum atomic E-state index is 13.5. The standard InChI is InChI=1S/C28H36N2O7S/c1-17(2)36-26(31)24-22(29-30-38(34,35)21-14-12-19(5)13-15-21)16-28(6,33)25(27(32)37-18(3)4)23(24)20-10-8-7-9-11-20/h7-15,17-18,23-25,30,33H,16H2,1-6H3/b29-22-/t23-,24+,25-,28-/m0/s1. The molecule has 2 aromatic rings. The van der Waals surface area contributed by atoms with E-state index in [4.69, 9.17) is 9.47 Å². The van der Waals surface area contributed by atoms with Gasteiger partial charge in [-0.2, -0.15) is 13.5 Å². The predicted octanol–water partition coefficient (Wildman–Crippen LogP) is 3.70. The van der Waals surface area contributed by atoms with Gasteiger partial charge in [-0.15, -0.1) is 0 Å². The van der Waals surface area contributed by atoms with Gasteiger partial charge in [0, 0.05) is 12.3 Å². The molecule has 206 valence electrons. The van der Waals surface area contributed by atoms with E-state index in [1.807, 2.05) is 6.92 Å². The van der Waals surface area contributed by atoms with Crippen LogP contribution in [0.1, 0.15) is 58.1 Å². The summed E-state index contributed by atoms with van der Waals surface area (Å²) in [5.74, 6) is -4.59. The number of aryl methyl sites for hydroxylation is 1. The fraction of sp³-hybridized carbons (Fsp3) is 0.464.